The van der Waals surface area contributed by atoms with Gasteiger partial charge in [-0.2, -0.15) is 11.8 Å². The van der Waals surface area contributed by atoms with Gasteiger partial charge in [0.2, 0.25) is 0 Å². The maximum atomic E-state index is 12.0. The summed E-state index contributed by atoms with van der Waals surface area (Å²) in [5.74, 6) is 1.98. The highest BCUT2D eigenvalue weighted by Gasteiger charge is 2.16. The molecule has 0 radical (unpaired) electrons. The summed E-state index contributed by atoms with van der Waals surface area (Å²) in [4.78, 5) is 14.0. The van der Waals surface area contributed by atoms with Crippen molar-refractivity contribution in [1.82, 2.24) is 10.2 Å². The first kappa shape index (κ1) is 13.8. The van der Waals surface area contributed by atoms with Gasteiger partial charge < -0.3 is 4.90 Å². The predicted octanol–water partition coefficient (Wildman–Crippen LogP) is 2.51. The van der Waals surface area contributed by atoms with E-state index in [4.69, 9.17) is 12.2 Å². The first-order chi connectivity index (χ1) is 8.66. The van der Waals surface area contributed by atoms with E-state index in [1.165, 1.54) is 0 Å². The van der Waals surface area contributed by atoms with Crippen LogP contribution in [-0.4, -0.2) is 40.5 Å². The van der Waals surface area contributed by atoms with Crippen LogP contribution in [0.2, 0.25) is 0 Å². The van der Waals surface area contributed by atoms with E-state index in [0.717, 1.165) is 29.1 Å². The molecule has 1 aromatic carbocycles. The van der Waals surface area contributed by atoms with Crippen LogP contribution in [0.25, 0.3) is 0 Å². The molecule has 3 nitrogen and oxygen atoms in total. The van der Waals surface area contributed by atoms with E-state index in [1.54, 1.807) is 12.1 Å². The van der Waals surface area contributed by atoms with Gasteiger partial charge in [-0.1, -0.05) is 15.9 Å². The third kappa shape index (κ3) is 3.70. The zero-order valence-electron chi connectivity index (χ0n) is 9.69. The van der Waals surface area contributed by atoms with E-state index < -0.39 is 0 Å². The topological polar surface area (TPSA) is 32.3 Å². The Bertz CT molecular complexity index is 444. The normalized spacial score (nSPS) is 15.3. The number of hydrogen-bond acceptors (Lipinski definition) is 3. The number of halogens is 1. The van der Waals surface area contributed by atoms with E-state index in [-0.39, 0.29) is 5.91 Å². The maximum absolute atomic E-state index is 12.0. The number of thiocarbonyl (C=S) groups is 1. The van der Waals surface area contributed by atoms with Crippen LogP contribution in [0.4, 0.5) is 0 Å². The zero-order chi connectivity index (χ0) is 13.0. The van der Waals surface area contributed by atoms with Gasteiger partial charge in [-0.25, -0.2) is 0 Å². The third-order valence-electron chi connectivity index (χ3n) is 2.63. The highest BCUT2D eigenvalue weighted by atomic mass is 79.9. The van der Waals surface area contributed by atoms with Gasteiger partial charge in [-0.15, -0.1) is 0 Å². The lowest BCUT2D eigenvalue weighted by Gasteiger charge is -2.28. The second kappa shape index (κ2) is 6.54. The van der Waals surface area contributed by atoms with Crippen molar-refractivity contribution in [3.8, 4) is 0 Å². The fraction of sp³-hybridized carbons (Fsp3) is 0.333. The van der Waals surface area contributed by atoms with Crippen LogP contribution in [0, 0.1) is 0 Å². The molecule has 0 unspecified atom stereocenters. The number of thioether (sulfide) groups is 1. The average molecular weight is 345 g/mol. The van der Waals surface area contributed by atoms with Gasteiger partial charge in [0.25, 0.3) is 5.91 Å². The summed E-state index contributed by atoms with van der Waals surface area (Å²) in [6.07, 6.45) is 0. The average Bonchev–Trinajstić information content (AvgIpc) is 2.40. The molecule has 6 heteroatoms. The van der Waals surface area contributed by atoms with Crippen molar-refractivity contribution in [1.29, 1.82) is 0 Å². The Hall–Kier alpha value is -0.590. The Balaban J connectivity index is 1.94. The Morgan fingerprint density at radius 2 is 1.89 bits per heavy atom. The van der Waals surface area contributed by atoms with E-state index in [1.807, 2.05) is 28.8 Å². The zero-order valence-corrected chi connectivity index (χ0v) is 12.9. The molecule has 2 rings (SSSR count). The number of hydrogen-bond donors (Lipinski definition) is 1. The summed E-state index contributed by atoms with van der Waals surface area (Å²) in [5, 5.41) is 3.31. The molecular weight excluding hydrogens is 332 g/mol. The standard InChI is InChI=1S/C12H13BrN2OS2/c13-10-3-1-9(2-4-10)11(16)14-12(17)15-5-7-18-8-6-15/h1-4H,5-8H2,(H,14,16,17). The molecule has 1 aromatic rings. The van der Waals surface area contributed by atoms with Crippen molar-refractivity contribution in [3.05, 3.63) is 34.3 Å². The van der Waals surface area contributed by atoms with Gasteiger partial charge in [0.05, 0.1) is 0 Å². The highest BCUT2D eigenvalue weighted by Crippen LogP contribution is 2.11. The highest BCUT2D eigenvalue weighted by molar-refractivity contribution is 9.10. The first-order valence-electron chi connectivity index (χ1n) is 5.60. The van der Waals surface area contributed by atoms with Crippen LogP contribution in [0.5, 0.6) is 0 Å². The Labute approximate surface area is 124 Å². The Kier molecular flexibility index (Phi) is 5.03. The predicted molar refractivity (Wildman–Crippen MR) is 83.1 cm³/mol. The lowest BCUT2D eigenvalue weighted by molar-refractivity contribution is 0.0973. The van der Waals surface area contributed by atoms with Crippen LogP contribution in [0.3, 0.4) is 0 Å². The van der Waals surface area contributed by atoms with Crippen LogP contribution in [0.15, 0.2) is 28.7 Å². The minimum atomic E-state index is -0.147. The molecule has 0 spiro atoms. The largest absolute Gasteiger partial charge is 0.347 e. The number of carbonyl (C=O) groups is 1. The van der Waals surface area contributed by atoms with Crippen molar-refractivity contribution in [2.75, 3.05) is 24.6 Å². The van der Waals surface area contributed by atoms with Gasteiger partial charge >= 0.3 is 0 Å². The summed E-state index contributed by atoms with van der Waals surface area (Å²) in [6, 6.07) is 7.23. The minimum absolute atomic E-state index is 0.147. The van der Waals surface area contributed by atoms with Crippen LogP contribution < -0.4 is 5.32 Å². The molecule has 18 heavy (non-hydrogen) atoms. The van der Waals surface area contributed by atoms with E-state index in [2.05, 4.69) is 21.2 Å². The number of nitrogens with zero attached hydrogens (tertiary/aromatic N) is 1. The van der Waals surface area contributed by atoms with Crippen molar-refractivity contribution in [2.45, 2.75) is 0 Å². The summed E-state index contributed by atoms with van der Waals surface area (Å²) in [5.41, 5.74) is 0.618. The van der Waals surface area contributed by atoms with Crippen molar-refractivity contribution in [3.63, 3.8) is 0 Å². The van der Waals surface area contributed by atoms with Gasteiger partial charge in [-0.3, -0.25) is 10.1 Å². The molecule has 1 aliphatic rings. The number of nitrogens with one attached hydrogen (secondary N) is 1. The fourth-order valence-electron chi connectivity index (χ4n) is 1.62. The summed E-state index contributed by atoms with van der Waals surface area (Å²) >= 11 is 10.5. The first-order valence-corrected chi connectivity index (χ1v) is 7.96. The van der Waals surface area contributed by atoms with Gasteiger partial charge in [-0.05, 0) is 36.5 Å². The second-order valence-corrected chi connectivity index (χ2v) is 6.39. The molecule has 1 N–H and O–H groups in total. The van der Waals surface area contributed by atoms with E-state index in [0.29, 0.717) is 10.7 Å². The number of rotatable bonds is 1. The molecule has 0 aromatic heterocycles. The molecular formula is C12H13BrN2OS2. The molecule has 0 aliphatic carbocycles. The van der Waals surface area contributed by atoms with E-state index in [9.17, 15) is 4.79 Å². The summed E-state index contributed by atoms with van der Waals surface area (Å²) < 4.78 is 0.953. The van der Waals surface area contributed by atoms with Gasteiger partial charge in [0.1, 0.15) is 0 Å². The van der Waals surface area contributed by atoms with Crippen LogP contribution >= 0.6 is 39.9 Å². The minimum Gasteiger partial charge on any atom is -0.347 e. The van der Waals surface area contributed by atoms with Crippen molar-refractivity contribution in [2.24, 2.45) is 0 Å². The second-order valence-electron chi connectivity index (χ2n) is 3.87. The molecule has 1 aliphatic heterocycles. The van der Waals surface area contributed by atoms with Crippen molar-refractivity contribution >= 4 is 50.9 Å². The monoisotopic (exact) mass is 344 g/mol. The van der Waals surface area contributed by atoms with Crippen molar-refractivity contribution < 1.29 is 4.79 Å². The SMILES string of the molecule is O=C(NC(=S)N1CCSCC1)c1ccc(Br)cc1. The summed E-state index contributed by atoms with van der Waals surface area (Å²) in [6.45, 7) is 1.81. The molecule has 1 heterocycles. The van der Waals surface area contributed by atoms with Crippen LogP contribution in [0.1, 0.15) is 10.4 Å². The lowest BCUT2D eigenvalue weighted by atomic mass is 10.2. The lowest BCUT2D eigenvalue weighted by Crippen LogP contribution is -2.46. The van der Waals surface area contributed by atoms with Crippen LogP contribution in [-0.2, 0) is 0 Å². The number of carbonyl (C=O) groups excluding carboxylic acids is 1. The summed E-state index contributed by atoms with van der Waals surface area (Å²) in [7, 11) is 0. The van der Waals surface area contributed by atoms with Gasteiger partial charge in [0.15, 0.2) is 5.11 Å². The smallest absolute Gasteiger partial charge is 0.257 e. The maximum Gasteiger partial charge on any atom is 0.257 e. The number of amides is 1. The Morgan fingerprint density at radius 1 is 1.28 bits per heavy atom. The molecule has 1 amide bonds. The molecule has 96 valence electrons. The quantitative estimate of drug-likeness (QED) is 0.793. The molecule has 1 saturated heterocycles. The molecule has 0 atom stereocenters. The van der Waals surface area contributed by atoms with Gasteiger partial charge in [0, 0.05) is 34.6 Å². The molecule has 0 saturated carbocycles. The van der Waals surface area contributed by atoms with E-state index >= 15 is 0 Å². The Morgan fingerprint density at radius 3 is 2.50 bits per heavy atom. The fourth-order valence-corrected chi connectivity index (χ4v) is 3.06. The number of benzene rings is 1. The third-order valence-corrected chi connectivity index (χ3v) is 4.46. The molecule has 1 fully saturated rings. The molecule has 0 bridgehead atoms.